The summed E-state index contributed by atoms with van der Waals surface area (Å²) in [5, 5.41) is 4.17. The van der Waals surface area contributed by atoms with Crippen molar-refractivity contribution in [3.63, 3.8) is 0 Å². The number of nitrogens with one attached hydrogen (secondary N) is 2. The van der Waals surface area contributed by atoms with E-state index in [-0.39, 0.29) is 23.3 Å². The van der Waals surface area contributed by atoms with E-state index < -0.39 is 11.9 Å². The molecule has 1 aromatic heterocycles. The Kier molecular flexibility index (Phi) is 5.95. The van der Waals surface area contributed by atoms with Crippen LogP contribution in [0.4, 0.5) is 5.69 Å². The normalized spacial score (nSPS) is 16.2. The quantitative estimate of drug-likeness (QED) is 0.719. The minimum Gasteiger partial charge on any atom is -0.326 e. The molecule has 3 rings (SSSR count). The lowest BCUT2D eigenvalue weighted by atomic mass is 10.2. The Bertz CT molecular complexity index is 891. The van der Waals surface area contributed by atoms with Crippen LogP contribution in [-0.2, 0) is 9.59 Å². The second kappa shape index (κ2) is 8.57. The van der Waals surface area contributed by atoms with Crippen molar-refractivity contribution in [3.8, 4) is 0 Å². The van der Waals surface area contributed by atoms with Gasteiger partial charge in [-0.1, -0.05) is 18.2 Å². The van der Waals surface area contributed by atoms with Gasteiger partial charge < -0.3 is 5.32 Å². The number of amides is 3. The number of anilines is 1. The highest BCUT2D eigenvalue weighted by atomic mass is 32.1. The van der Waals surface area contributed by atoms with Crippen molar-refractivity contribution in [2.75, 3.05) is 11.9 Å². The topological polar surface area (TPSA) is 94.6 Å². The lowest BCUT2D eigenvalue weighted by molar-refractivity contribution is -0.130. The first kappa shape index (κ1) is 19.4. The molecule has 1 atom stereocenters. The number of hydrazine groups is 1. The number of benzene rings is 1. The van der Waals surface area contributed by atoms with Crippen LogP contribution in [0.25, 0.3) is 0 Å². The Morgan fingerprint density at radius 2 is 1.93 bits per heavy atom. The number of thiocarbonyl (C=S) groups is 1. The fourth-order valence-corrected chi connectivity index (χ4v) is 3.22. The predicted molar refractivity (Wildman–Crippen MR) is 107 cm³/mol. The fourth-order valence-electron chi connectivity index (χ4n) is 2.82. The number of hydrogen-bond donors (Lipinski definition) is 2. The molecule has 1 aliphatic rings. The Balaban J connectivity index is 1.75. The summed E-state index contributed by atoms with van der Waals surface area (Å²) >= 11 is 5.34. The third kappa shape index (κ3) is 4.15. The molecule has 28 heavy (non-hydrogen) atoms. The molecule has 0 bridgehead atoms. The number of pyridine rings is 1. The van der Waals surface area contributed by atoms with Gasteiger partial charge in [0.2, 0.25) is 5.91 Å². The van der Waals surface area contributed by atoms with E-state index in [4.69, 9.17) is 12.2 Å². The van der Waals surface area contributed by atoms with Crippen molar-refractivity contribution in [2.24, 2.45) is 0 Å². The van der Waals surface area contributed by atoms with E-state index in [1.807, 2.05) is 6.07 Å². The number of carbonyl (C=O) groups is 3. The van der Waals surface area contributed by atoms with Gasteiger partial charge in [-0.15, -0.1) is 0 Å². The predicted octanol–water partition coefficient (Wildman–Crippen LogP) is 1.57. The van der Waals surface area contributed by atoms with E-state index in [0.717, 1.165) is 0 Å². The molecule has 8 nitrogen and oxygen atoms in total. The van der Waals surface area contributed by atoms with Crippen LogP contribution in [0.2, 0.25) is 0 Å². The number of rotatable bonds is 6. The molecule has 2 aromatic rings. The van der Waals surface area contributed by atoms with Crippen molar-refractivity contribution in [1.29, 1.82) is 0 Å². The largest absolute Gasteiger partial charge is 0.326 e. The highest BCUT2D eigenvalue weighted by Gasteiger charge is 2.43. The van der Waals surface area contributed by atoms with E-state index in [2.05, 4.69) is 15.7 Å². The summed E-state index contributed by atoms with van der Waals surface area (Å²) in [4.78, 5) is 42.9. The first-order valence-corrected chi connectivity index (χ1v) is 9.12. The van der Waals surface area contributed by atoms with Gasteiger partial charge >= 0.3 is 0 Å². The van der Waals surface area contributed by atoms with Crippen LogP contribution < -0.4 is 10.7 Å². The second-order valence-electron chi connectivity index (χ2n) is 6.05. The van der Waals surface area contributed by atoms with Crippen molar-refractivity contribution >= 4 is 40.7 Å². The van der Waals surface area contributed by atoms with E-state index >= 15 is 0 Å². The molecule has 2 N–H and O–H groups in total. The van der Waals surface area contributed by atoms with Crippen LogP contribution in [-0.4, -0.2) is 50.3 Å². The molecule has 1 saturated heterocycles. The SMILES string of the molecule is CCN1C(=O)C(CC(=O)Nc2ccccc2)N(NC(=O)c2cccnc2)C1=S. The summed E-state index contributed by atoms with van der Waals surface area (Å²) in [7, 11) is 0. The minimum absolute atomic E-state index is 0.155. The van der Waals surface area contributed by atoms with E-state index in [1.165, 1.54) is 16.1 Å². The van der Waals surface area contributed by atoms with Gasteiger partial charge in [-0.25, -0.2) is 5.01 Å². The number of likely N-dealkylation sites (N-methyl/N-ethyl adjacent to an activating group) is 1. The average Bonchev–Trinajstić information content (AvgIpc) is 2.92. The van der Waals surface area contributed by atoms with Crippen molar-refractivity contribution in [2.45, 2.75) is 19.4 Å². The molecular weight excluding hydrogens is 378 g/mol. The van der Waals surface area contributed by atoms with E-state index in [1.54, 1.807) is 49.5 Å². The summed E-state index contributed by atoms with van der Waals surface area (Å²) < 4.78 is 0. The van der Waals surface area contributed by atoms with Gasteiger partial charge in [0.1, 0.15) is 6.04 Å². The van der Waals surface area contributed by atoms with Crippen molar-refractivity contribution in [3.05, 3.63) is 60.4 Å². The summed E-state index contributed by atoms with van der Waals surface area (Å²) in [5.41, 5.74) is 3.57. The van der Waals surface area contributed by atoms with Gasteiger partial charge in [0.15, 0.2) is 5.11 Å². The maximum absolute atomic E-state index is 12.7. The maximum Gasteiger partial charge on any atom is 0.271 e. The molecular formula is C19H19N5O3S. The van der Waals surface area contributed by atoms with Gasteiger partial charge in [-0.05, 0) is 43.4 Å². The molecule has 9 heteroatoms. The summed E-state index contributed by atoms with van der Waals surface area (Å²) in [6, 6.07) is 11.2. The van der Waals surface area contributed by atoms with Gasteiger partial charge in [-0.2, -0.15) is 0 Å². The summed E-state index contributed by atoms with van der Waals surface area (Å²) in [6.45, 7) is 2.12. The van der Waals surface area contributed by atoms with Crippen LogP contribution in [0, 0.1) is 0 Å². The molecule has 1 aliphatic heterocycles. The first-order valence-electron chi connectivity index (χ1n) is 8.71. The lowest BCUT2D eigenvalue weighted by Crippen LogP contribution is -2.49. The molecule has 0 aliphatic carbocycles. The number of aromatic nitrogens is 1. The second-order valence-corrected chi connectivity index (χ2v) is 6.42. The smallest absolute Gasteiger partial charge is 0.271 e. The Morgan fingerprint density at radius 3 is 2.57 bits per heavy atom. The maximum atomic E-state index is 12.7. The fraction of sp³-hybridized carbons (Fsp3) is 0.211. The van der Waals surface area contributed by atoms with Gasteiger partial charge in [-0.3, -0.25) is 29.7 Å². The Morgan fingerprint density at radius 1 is 1.18 bits per heavy atom. The van der Waals surface area contributed by atoms with Gasteiger partial charge in [0, 0.05) is 24.6 Å². The van der Waals surface area contributed by atoms with Gasteiger partial charge in [0.05, 0.1) is 12.0 Å². The molecule has 0 spiro atoms. The van der Waals surface area contributed by atoms with E-state index in [9.17, 15) is 14.4 Å². The molecule has 1 unspecified atom stereocenters. The zero-order valence-corrected chi connectivity index (χ0v) is 16.0. The molecule has 3 amide bonds. The molecule has 0 radical (unpaired) electrons. The third-order valence-electron chi connectivity index (χ3n) is 4.20. The summed E-state index contributed by atoms with van der Waals surface area (Å²) in [6.07, 6.45) is 2.80. The lowest BCUT2D eigenvalue weighted by Gasteiger charge is -2.24. The van der Waals surface area contributed by atoms with Crippen LogP contribution in [0.15, 0.2) is 54.9 Å². The minimum atomic E-state index is -0.920. The molecule has 1 fully saturated rings. The molecule has 0 saturated carbocycles. The highest BCUT2D eigenvalue weighted by Crippen LogP contribution is 2.20. The molecule has 144 valence electrons. The number of nitrogens with zero attached hydrogens (tertiary/aromatic N) is 3. The van der Waals surface area contributed by atoms with Gasteiger partial charge in [0.25, 0.3) is 11.8 Å². The Hall–Kier alpha value is -3.33. The average molecular weight is 397 g/mol. The van der Waals surface area contributed by atoms with Crippen LogP contribution >= 0.6 is 12.2 Å². The standard InChI is InChI=1S/C19H19N5O3S/c1-2-23-18(27)15(11-16(25)21-14-8-4-3-5-9-14)24(19(23)28)22-17(26)13-7-6-10-20-12-13/h3-10,12,15H,2,11H2,1H3,(H,21,25)(H,22,26). The van der Waals surface area contributed by atoms with Crippen molar-refractivity contribution < 1.29 is 14.4 Å². The van der Waals surface area contributed by atoms with Crippen LogP contribution in [0.1, 0.15) is 23.7 Å². The number of carbonyl (C=O) groups excluding carboxylic acids is 3. The van der Waals surface area contributed by atoms with E-state index in [0.29, 0.717) is 17.8 Å². The monoisotopic (exact) mass is 397 g/mol. The number of para-hydroxylation sites is 1. The number of hydrogen-bond acceptors (Lipinski definition) is 5. The zero-order valence-electron chi connectivity index (χ0n) is 15.2. The third-order valence-corrected chi connectivity index (χ3v) is 4.62. The Labute approximate surface area is 167 Å². The molecule has 1 aromatic carbocycles. The van der Waals surface area contributed by atoms with Crippen LogP contribution in [0.3, 0.4) is 0 Å². The molecule has 2 heterocycles. The van der Waals surface area contributed by atoms with Crippen LogP contribution in [0.5, 0.6) is 0 Å². The van der Waals surface area contributed by atoms with Crippen molar-refractivity contribution in [1.82, 2.24) is 20.3 Å². The highest BCUT2D eigenvalue weighted by molar-refractivity contribution is 7.80. The first-order chi connectivity index (χ1) is 13.5. The zero-order chi connectivity index (χ0) is 20.1. The summed E-state index contributed by atoms with van der Waals surface area (Å²) in [5.74, 6) is -1.15.